The Morgan fingerprint density at radius 2 is 2.00 bits per heavy atom. The lowest BCUT2D eigenvalue weighted by atomic mass is 9.67. The topological polar surface area (TPSA) is 87.7 Å². The molecule has 2 fully saturated rings. The standard InChI is InChI=1S/C22H30ClN3O4/c1-21(2,3)30-20(29)25-14-22(15-5-4-6-16(23)11-15)9-7-17(8-10-22)26-13-18(27)24-12-19(26)28/h4-6,11,17H,7-10,12-14H2,1-3H3,(H,24,27)(H,25,29)/t17-,22-. The minimum atomic E-state index is -0.569. The molecule has 30 heavy (non-hydrogen) atoms. The SMILES string of the molecule is CC(C)(C)OC(=O)NC[C@]1(c2cccc(Cl)c2)CC[C@H](N2CC(=O)NCC2=O)CC1. The van der Waals surface area contributed by atoms with Crippen LogP contribution in [0.25, 0.3) is 0 Å². The van der Waals surface area contributed by atoms with Crippen LogP contribution in [-0.2, 0) is 19.7 Å². The zero-order chi connectivity index (χ0) is 21.9. The summed E-state index contributed by atoms with van der Waals surface area (Å²) in [6.45, 7) is 6.09. The van der Waals surface area contributed by atoms with Crippen LogP contribution in [0, 0.1) is 0 Å². The van der Waals surface area contributed by atoms with E-state index in [1.54, 1.807) is 4.90 Å². The molecule has 1 heterocycles. The van der Waals surface area contributed by atoms with E-state index >= 15 is 0 Å². The average Bonchev–Trinajstić information content (AvgIpc) is 2.67. The van der Waals surface area contributed by atoms with E-state index in [4.69, 9.17) is 16.3 Å². The highest BCUT2D eigenvalue weighted by Crippen LogP contribution is 2.41. The number of ether oxygens (including phenoxy) is 1. The third-order valence-corrected chi connectivity index (χ3v) is 6.07. The molecular formula is C22H30ClN3O4. The molecule has 164 valence electrons. The minimum absolute atomic E-state index is 0.0254. The fourth-order valence-electron chi connectivity index (χ4n) is 4.32. The number of halogens is 1. The summed E-state index contributed by atoms with van der Waals surface area (Å²) < 4.78 is 5.40. The van der Waals surface area contributed by atoms with Gasteiger partial charge in [-0.15, -0.1) is 0 Å². The number of carbonyl (C=O) groups excluding carboxylic acids is 3. The Labute approximate surface area is 182 Å². The highest BCUT2D eigenvalue weighted by atomic mass is 35.5. The van der Waals surface area contributed by atoms with Gasteiger partial charge in [-0.05, 0) is 64.2 Å². The molecule has 0 unspecified atom stereocenters. The number of hydrogen-bond donors (Lipinski definition) is 2. The molecule has 0 bridgehead atoms. The van der Waals surface area contributed by atoms with Crippen molar-refractivity contribution in [2.45, 2.75) is 63.5 Å². The van der Waals surface area contributed by atoms with Crippen LogP contribution >= 0.6 is 11.6 Å². The molecule has 0 atom stereocenters. The van der Waals surface area contributed by atoms with E-state index in [2.05, 4.69) is 10.6 Å². The first kappa shape index (κ1) is 22.4. The van der Waals surface area contributed by atoms with Crippen LogP contribution in [0.3, 0.4) is 0 Å². The van der Waals surface area contributed by atoms with E-state index < -0.39 is 11.7 Å². The summed E-state index contributed by atoms with van der Waals surface area (Å²) in [5.41, 5.74) is 0.187. The van der Waals surface area contributed by atoms with Gasteiger partial charge in [-0.25, -0.2) is 4.79 Å². The van der Waals surface area contributed by atoms with E-state index in [0.717, 1.165) is 31.2 Å². The van der Waals surface area contributed by atoms with Gasteiger partial charge in [-0.2, -0.15) is 0 Å². The molecule has 0 aromatic heterocycles. The lowest BCUT2D eigenvalue weighted by molar-refractivity contribution is -0.143. The molecule has 3 amide bonds. The van der Waals surface area contributed by atoms with Crippen molar-refractivity contribution in [2.24, 2.45) is 0 Å². The predicted octanol–water partition coefficient (Wildman–Crippen LogP) is 3.00. The van der Waals surface area contributed by atoms with Gasteiger partial charge in [-0.1, -0.05) is 23.7 Å². The second-order valence-electron chi connectivity index (χ2n) is 9.18. The monoisotopic (exact) mass is 435 g/mol. The van der Waals surface area contributed by atoms with E-state index in [1.807, 2.05) is 45.0 Å². The number of alkyl carbamates (subject to hydrolysis) is 1. The molecule has 0 radical (unpaired) electrons. The van der Waals surface area contributed by atoms with Gasteiger partial charge in [0.15, 0.2) is 0 Å². The van der Waals surface area contributed by atoms with Gasteiger partial charge in [0.25, 0.3) is 0 Å². The smallest absolute Gasteiger partial charge is 0.407 e. The van der Waals surface area contributed by atoms with E-state index in [0.29, 0.717) is 11.6 Å². The van der Waals surface area contributed by atoms with Crippen molar-refractivity contribution in [3.8, 4) is 0 Å². The van der Waals surface area contributed by atoms with E-state index in [1.165, 1.54) is 0 Å². The molecule has 1 aliphatic heterocycles. The number of nitrogens with zero attached hydrogens (tertiary/aromatic N) is 1. The molecule has 1 aliphatic carbocycles. The summed E-state index contributed by atoms with van der Waals surface area (Å²) in [5, 5.41) is 6.17. The summed E-state index contributed by atoms with van der Waals surface area (Å²) in [6.07, 6.45) is 2.58. The fourth-order valence-corrected chi connectivity index (χ4v) is 4.51. The predicted molar refractivity (Wildman–Crippen MR) is 114 cm³/mol. The van der Waals surface area contributed by atoms with Crippen molar-refractivity contribution in [1.82, 2.24) is 15.5 Å². The fraction of sp³-hybridized carbons (Fsp3) is 0.591. The van der Waals surface area contributed by atoms with Gasteiger partial charge in [0.05, 0.1) is 13.1 Å². The Kier molecular flexibility index (Phi) is 6.60. The second-order valence-corrected chi connectivity index (χ2v) is 9.61. The van der Waals surface area contributed by atoms with Gasteiger partial charge >= 0.3 is 6.09 Å². The Morgan fingerprint density at radius 3 is 2.63 bits per heavy atom. The first-order valence-corrected chi connectivity index (χ1v) is 10.7. The van der Waals surface area contributed by atoms with Gasteiger partial charge in [0, 0.05) is 23.0 Å². The van der Waals surface area contributed by atoms with Gasteiger partial charge < -0.3 is 20.3 Å². The van der Waals surface area contributed by atoms with Crippen LogP contribution in [0.4, 0.5) is 4.79 Å². The molecular weight excluding hydrogens is 406 g/mol. The molecule has 2 aliphatic rings. The van der Waals surface area contributed by atoms with Crippen LogP contribution in [0.1, 0.15) is 52.0 Å². The van der Waals surface area contributed by atoms with Crippen molar-refractivity contribution in [1.29, 1.82) is 0 Å². The molecule has 2 N–H and O–H groups in total. The van der Waals surface area contributed by atoms with Crippen molar-refractivity contribution >= 4 is 29.5 Å². The van der Waals surface area contributed by atoms with Crippen LogP contribution in [0.15, 0.2) is 24.3 Å². The molecule has 8 heteroatoms. The zero-order valence-corrected chi connectivity index (χ0v) is 18.6. The summed E-state index contributed by atoms with van der Waals surface area (Å²) in [4.78, 5) is 38.0. The maximum atomic E-state index is 12.3. The Bertz CT molecular complexity index is 813. The molecule has 1 aromatic rings. The third-order valence-electron chi connectivity index (χ3n) is 5.83. The maximum Gasteiger partial charge on any atom is 0.407 e. The number of carbonyl (C=O) groups is 3. The third kappa shape index (κ3) is 5.45. The Hall–Kier alpha value is -2.28. The van der Waals surface area contributed by atoms with Crippen molar-refractivity contribution in [3.05, 3.63) is 34.9 Å². The molecule has 7 nitrogen and oxygen atoms in total. The number of nitrogens with one attached hydrogen (secondary N) is 2. The minimum Gasteiger partial charge on any atom is -0.444 e. The van der Waals surface area contributed by atoms with Gasteiger partial charge in [-0.3, -0.25) is 9.59 Å². The van der Waals surface area contributed by atoms with Crippen LogP contribution in [-0.4, -0.2) is 54.1 Å². The van der Waals surface area contributed by atoms with Crippen molar-refractivity contribution < 1.29 is 19.1 Å². The lowest BCUT2D eigenvalue weighted by Gasteiger charge is -2.44. The summed E-state index contributed by atoms with van der Waals surface area (Å²) in [7, 11) is 0. The number of benzene rings is 1. The second kappa shape index (κ2) is 8.84. The number of rotatable bonds is 4. The van der Waals surface area contributed by atoms with Crippen LogP contribution < -0.4 is 10.6 Å². The lowest BCUT2D eigenvalue weighted by Crippen LogP contribution is -2.57. The summed E-state index contributed by atoms with van der Waals surface area (Å²) >= 11 is 6.25. The Balaban J connectivity index is 1.74. The van der Waals surface area contributed by atoms with Crippen LogP contribution in [0.5, 0.6) is 0 Å². The first-order valence-electron chi connectivity index (χ1n) is 10.4. The Morgan fingerprint density at radius 1 is 1.30 bits per heavy atom. The van der Waals surface area contributed by atoms with Gasteiger partial charge in [0.2, 0.25) is 11.8 Å². The number of hydrogen-bond acceptors (Lipinski definition) is 4. The first-order chi connectivity index (χ1) is 14.1. The van der Waals surface area contributed by atoms with E-state index in [9.17, 15) is 14.4 Å². The van der Waals surface area contributed by atoms with E-state index in [-0.39, 0.29) is 36.4 Å². The highest BCUT2D eigenvalue weighted by molar-refractivity contribution is 6.30. The largest absolute Gasteiger partial charge is 0.444 e. The molecule has 1 saturated heterocycles. The zero-order valence-electron chi connectivity index (χ0n) is 17.8. The number of amides is 3. The van der Waals surface area contributed by atoms with Crippen molar-refractivity contribution in [2.75, 3.05) is 19.6 Å². The van der Waals surface area contributed by atoms with Gasteiger partial charge in [0.1, 0.15) is 5.60 Å². The highest BCUT2D eigenvalue weighted by Gasteiger charge is 2.41. The average molecular weight is 436 g/mol. The summed E-state index contributed by atoms with van der Waals surface area (Å²) in [5.74, 6) is -0.158. The number of piperazine rings is 1. The normalized spacial score (nSPS) is 24.9. The molecule has 1 aromatic carbocycles. The quantitative estimate of drug-likeness (QED) is 0.761. The molecule has 0 spiro atoms. The van der Waals surface area contributed by atoms with Crippen LogP contribution in [0.2, 0.25) is 5.02 Å². The van der Waals surface area contributed by atoms with Crippen molar-refractivity contribution in [3.63, 3.8) is 0 Å². The maximum absolute atomic E-state index is 12.3. The molecule has 1 saturated carbocycles. The summed E-state index contributed by atoms with van der Waals surface area (Å²) in [6, 6.07) is 7.74. The molecule has 3 rings (SSSR count).